The van der Waals surface area contributed by atoms with E-state index in [9.17, 15) is 9.18 Å². The molecule has 9 nitrogen and oxygen atoms in total. The van der Waals surface area contributed by atoms with Gasteiger partial charge >= 0.3 is 0 Å². The van der Waals surface area contributed by atoms with Crippen molar-refractivity contribution in [3.8, 4) is 22.8 Å². The molecular weight excluding hydrogens is 475 g/mol. The van der Waals surface area contributed by atoms with Crippen molar-refractivity contribution in [1.82, 2.24) is 24.9 Å². The third kappa shape index (κ3) is 5.18. The molecule has 0 saturated heterocycles. The first-order valence-corrected chi connectivity index (χ1v) is 12.3. The van der Waals surface area contributed by atoms with Gasteiger partial charge in [-0.2, -0.15) is 4.98 Å². The van der Waals surface area contributed by atoms with Crippen molar-refractivity contribution in [1.29, 1.82) is 0 Å². The monoisotopic (exact) mass is 504 g/mol. The molecule has 192 valence electrons. The minimum Gasteiger partial charge on any atom is -0.490 e. The van der Waals surface area contributed by atoms with Gasteiger partial charge in [0.25, 0.3) is 5.91 Å². The van der Waals surface area contributed by atoms with Crippen molar-refractivity contribution in [2.45, 2.75) is 45.3 Å². The number of halogens is 1. The van der Waals surface area contributed by atoms with Crippen molar-refractivity contribution < 1.29 is 18.7 Å². The number of nitrogen functional groups attached to an aromatic ring is 1. The first kappa shape index (κ1) is 24.5. The van der Waals surface area contributed by atoms with E-state index in [2.05, 4.69) is 27.3 Å². The van der Waals surface area contributed by atoms with Crippen molar-refractivity contribution in [2.75, 3.05) is 12.8 Å². The van der Waals surface area contributed by atoms with Crippen LogP contribution in [0.25, 0.3) is 16.8 Å². The van der Waals surface area contributed by atoms with Gasteiger partial charge in [0.1, 0.15) is 17.1 Å². The summed E-state index contributed by atoms with van der Waals surface area (Å²) in [7, 11) is 1.44. The number of nitrogens with two attached hydrogens (primary N) is 1. The highest BCUT2D eigenvalue weighted by Gasteiger charge is 2.26. The van der Waals surface area contributed by atoms with Crippen LogP contribution in [-0.2, 0) is 6.54 Å². The molecule has 1 aliphatic carbocycles. The number of nitrogens with one attached hydrogen (secondary N) is 1. The molecule has 37 heavy (non-hydrogen) atoms. The second-order valence-corrected chi connectivity index (χ2v) is 9.20. The number of hydrogen-bond donors (Lipinski definition) is 2. The minimum atomic E-state index is -0.444. The summed E-state index contributed by atoms with van der Waals surface area (Å²) < 4.78 is 27.8. The van der Waals surface area contributed by atoms with E-state index in [4.69, 9.17) is 15.2 Å². The van der Waals surface area contributed by atoms with Gasteiger partial charge in [-0.05, 0) is 61.1 Å². The topological polar surface area (TPSA) is 117 Å². The van der Waals surface area contributed by atoms with E-state index in [0.717, 1.165) is 31.2 Å². The number of benzene rings is 1. The van der Waals surface area contributed by atoms with E-state index >= 15 is 0 Å². The van der Waals surface area contributed by atoms with Crippen molar-refractivity contribution in [3.05, 3.63) is 65.7 Å². The number of amides is 1. The highest BCUT2D eigenvalue weighted by Crippen LogP contribution is 2.33. The lowest BCUT2D eigenvalue weighted by molar-refractivity contribution is 0.0946. The van der Waals surface area contributed by atoms with Gasteiger partial charge in [0.2, 0.25) is 11.8 Å². The van der Waals surface area contributed by atoms with E-state index in [-0.39, 0.29) is 30.0 Å². The smallest absolute Gasteiger partial charge is 0.257 e. The Balaban J connectivity index is 1.36. The molecular formula is C27H29FN6O3. The summed E-state index contributed by atoms with van der Waals surface area (Å²) in [5.74, 6) is 0.552. The normalized spacial score (nSPS) is 17.2. The maximum absolute atomic E-state index is 14.8. The molecule has 4 aromatic rings. The van der Waals surface area contributed by atoms with Gasteiger partial charge in [-0.1, -0.05) is 19.4 Å². The number of carbonyl (C=O) groups excluding carboxylic acids is 1. The van der Waals surface area contributed by atoms with E-state index in [0.29, 0.717) is 28.4 Å². The third-order valence-corrected chi connectivity index (χ3v) is 6.84. The summed E-state index contributed by atoms with van der Waals surface area (Å²) in [5, 5.41) is 6.88. The average Bonchev–Trinajstić information content (AvgIpc) is 3.52. The molecule has 3 heterocycles. The number of pyridine rings is 2. The highest BCUT2D eigenvalue weighted by molar-refractivity contribution is 5.97. The molecule has 1 saturated carbocycles. The largest absolute Gasteiger partial charge is 0.490 e. The maximum atomic E-state index is 14.8. The maximum Gasteiger partial charge on any atom is 0.257 e. The van der Waals surface area contributed by atoms with Crippen LogP contribution in [0.2, 0.25) is 0 Å². The molecule has 0 bridgehead atoms. The Labute approximate surface area is 213 Å². The number of aromatic nitrogens is 4. The van der Waals surface area contributed by atoms with Gasteiger partial charge in [-0.25, -0.2) is 13.9 Å². The Morgan fingerprint density at radius 3 is 2.89 bits per heavy atom. The van der Waals surface area contributed by atoms with Crippen LogP contribution in [-0.4, -0.2) is 38.7 Å². The number of anilines is 1. The van der Waals surface area contributed by atoms with Crippen LogP contribution in [0.3, 0.4) is 0 Å². The Kier molecular flexibility index (Phi) is 6.89. The van der Waals surface area contributed by atoms with Gasteiger partial charge in [-0.3, -0.25) is 4.79 Å². The van der Waals surface area contributed by atoms with E-state index in [1.54, 1.807) is 41.2 Å². The SMILES string of the molecule is CCC1CCC(Oc2cccc(F)c2CNC(=O)c2cc(-c3ccn4nc(N)nc4c3)cnc2OC)C1. The molecule has 0 radical (unpaired) electrons. The fourth-order valence-corrected chi connectivity index (χ4v) is 4.78. The molecule has 1 aromatic carbocycles. The number of carbonyl (C=O) groups is 1. The zero-order chi connectivity index (χ0) is 25.9. The lowest BCUT2D eigenvalue weighted by Crippen LogP contribution is -2.25. The Hall–Kier alpha value is -4.21. The number of rotatable bonds is 8. The Morgan fingerprint density at radius 2 is 2.11 bits per heavy atom. The van der Waals surface area contributed by atoms with E-state index in [1.165, 1.54) is 13.2 Å². The van der Waals surface area contributed by atoms with Gasteiger partial charge in [-0.15, -0.1) is 5.10 Å². The Morgan fingerprint density at radius 1 is 1.24 bits per heavy atom. The van der Waals surface area contributed by atoms with E-state index in [1.807, 2.05) is 6.07 Å². The molecule has 10 heteroatoms. The van der Waals surface area contributed by atoms with Crippen LogP contribution in [0, 0.1) is 11.7 Å². The molecule has 0 aliphatic heterocycles. The molecule has 2 unspecified atom stereocenters. The summed E-state index contributed by atoms with van der Waals surface area (Å²) in [6.07, 6.45) is 7.52. The third-order valence-electron chi connectivity index (χ3n) is 6.84. The summed E-state index contributed by atoms with van der Waals surface area (Å²) >= 11 is 0. The molecule has 1 fully saturated rings. The minimum absolute atomic E-state index is 0.0386. The molecule has 2 atom stereocenters. The number of nitrogens with zero attached hydrogens (tertiary/aromatic N) is 4. The molecule has 3 aromatic heterocycles. The fourth-order valence-electron chi connectivity index (χ4n) is 4.78. The molecule has 1 amide bonds. The Bertz CT molecular complexity index is 1440. The van der Waals surface area contributed by atoms with Crippen molar-refractivity contribution in [2.24, 2.45) is 5.92 Å². The second kappa shape index (κ2) is 10.4. The van der Waals surface area contributed by atoms with Gasteiger partial charge in [0.15, 0.2) is 5.65 Å². The van der Waals surface area contributed by atoms with Crippen LogP contribution < -0.4 is 20.5 Å². The molecule has 3 N–H and O–H groups in total. The van der Waals surface area contributed by atoms with Crippen LogP contribution in [0.1, 0.15) is 48.5 Å². The van der Waals surface area contributed by atoms with Crippen LogP contribution in [0.15, 0.2) is 48.8 Å². The van der Waals surface area contributed by atoms with Crippen LogP contribution in [0.5, 0.6) is 11.6 Å². The van der Waals surface area contributed by atoms with Crippen LogP contribution >= 0.6 is 0 Å². The first-order chi connectivity index (χ1) is 17.9. The lowest BCUT2D eigenvalue weighted by Gasteiger charge is -2.18. The highest BCUT2D eigenvalue weighted by atomic mass is 19.1. The number of hydrogen-bond acceptors (Lipinski definition) is 7. The predicted octanol–water partition coefficient (Wildman–Crippen LogP) is 4.41. The standard InChI is InChI=1S/C27H29FN6O3/c1-3-16-7-8-19(11-16)37-23-6-4-5-22(28)21(23)15-30-25(35)20-12-18(14-31-26(20)36-2)17-9-10-34-24(13-17)32-27(29)33-34/h4-6,9-10,12-14,16,19H,3,7-8,11,15H2,1-2H3,(H2,29,33)(H,30,35). The van der Waals surface area contributed by atoms with Crippen LogP contribution in [0.4, 0.5) is 10.3 Å². The summed E-state index contributed by atoms with van der Waals surface area (Å²) in [6.45, 7) is 2.14. The number of fused-ring (bicyclic) bond motifs is 1. The summed E-state index contributed by atoms with van der Waals surface area (Å²) in [5.41, 5.74) is 8.24. The molecule has 5 rings (SSSR count). The molecule has 0 spiro atoms. The average molecular weight is 505 g/mol. The lowest BCUT2D eigenvalue weighted by atomic mass is 10.1. The van der Waals surface area contributed by atoms with Gasteiger partial charge in [0, 0.05) is 30.1 Å². The predicted molar refractivity (Wildman–Crippen MR) is 137 cm³/mol. The quantitative estimate of drug-likeness (QED) is 0.365. The fraction of sp³-hybridized carbons (Fsp3) is 0.333. The second-order valence-electron chi connectivity index (χ2n) is 9.20. The molecule has 1 aliphatic rings. The van der Waals surface area contributed by atoms with E-state index < -0.39 is 11.7 Å². The van der Waals surface area contributed by atoms with Gasteiger partial charge in [0.05, 0.1) is 13.2 Å². The van der Waals surface area contributed by atoms with Gasteiger partial charge < -0.3 is 20.5 Å². The first-order valence-electron chi connectivity index (χ1n) is 12.3. The zero-order valence-corrected chi connectivity index (χ0v) is 20.8. The number of ether oxygens (including phenoxy) is 2. The summed E-state index contributed by atoms with van der Waals surface area (Å²) in [4.78, 5) is 21.7. The van der Waals surface area contributed by atoms with Crippen molar-refractivity contribution >= 4 is 17.5 Å². The number of methoxy groups -OCH3 is 1. The van der Waals surface area contributed by atoms with Crippen molar-refractivity contribution in [3.63, 3.8) is 0 Å². The summed E-state index contributed by atoms with van der Waals surface area (Å²) in [6, 6.07) is 10.0. The zero-order valence-electron chi connectivity index (χ0n) is 20.8.